The van der Waals surface area contributed by atoms with Crippen LogP contribution in [-0.2, 0) is 16.1 Å². The maximum absolute atomic E-state index is 13.4. The Bertz CT molecular complexity index is 811. The number of halogens is 1. The van der Waals surface area contributed by atoms with Gasteiger partial charge in [0.2, 0.25) is 11.8 Å². The fourth-order valence-corrected chi connectivity index (χ4v) is 3.90. The number of carbonyl (C=O) groups excluding carboxylic acids is 1. The summed E-state index contributed by atoms with van der Waals surface area (Å²) in [5.41, 5.74) is 1.21. The molecule has 0 unspecified atom stereocenters. The molecule has 0 N–H and O–H groups in total. The molecular formula is C20H23FN2O3. The number of hydrogen-bond acceptors (Lipinski definition) is 4. The molecule has 2 fully saturated rings. The zero-order valence-corrected chi connectivity index (χ0v) is 15.0. The third-order valence-corrected chi connectivity index (χ3v) is 5.47. The van der Waals surface area contributed by atoms with E-state index in [0.717, 1.165) is 38.0 Å². The van der Waals surface area contributed by atoms with Crippen molar-refractivity contribution in [1.82, 2.24) is 9.88 Å². The highest BCUT2D eigenvalue weighted by Gasteiger charge is 2.38. The third kappa shape index (κ3) is 3.38. The summed E-state index contributed by atoms with van der Waals surface area (Å²) >= 11 is 0. The number of hydrogen-bond donors (Lipinski definition) is 0. The molecule has 1 aromatic carbocycles. The summed E-state index contributed by atoms with van der Waals surface area (Å²) in [5.74, 6) is 0.847. The van der Waals surface area contributed by atoms with E-state index in [9.17, 15) is 9.18 Å². The summed E-state index contributed by atoms with van der Waals surface area (Å²) in [6, 6.07) is 6.17. The topological polar surface area (TPSA) is 55.6 Å². The summed E-state index contributed by atoms with van der Waals surface area (Å²) in [4.78, 5) is 18.9. The van der Waals surface area contributed by atoms with Crippen molar-refractivity contribution in [3.05, 3.63) is 41.5 Å². The molecule has 0 saturated carbocycles. The number of carbonyl (C=O) groups is 1. The van der Waals surface area contributed by atoms with Crippen molar-refractivity contribution in [2.75, 3.05) is 13.2 Å². The van der Waals surface area contributed by atoms with Crippen LogP contribution in [-0.4, -0.2) is 34.5 Å². The van der Waals surface area contributed by atoms with Gasteiger partial charge in [-0.3, -0.25) is 4.79 Å². The molecule has 2 aromatic rings. The van der Waals surface area contributed by atoms with Crippen LogP contribution < -0.4 is 0 Å². The average molecular weight is 358 g/mol. The minimum absolute atomic E-state index is 0.115. The van der Waals surface area contributed by atoms with Crippen LogP contribution >= 0.6 is 0 Å². The molecule has 2 aliphatic rings. The minimum Gasteiger partial charge on any atom is -0.441 e. The van der Waals surface area contributed by atoms with E-state index in [0.29, 0.717) is 36.7 Å². The van der Waals surface area contributed by atoms with E-state index in [1.165, 1.54) is 12.1 Å². The molecule has 3 heterocycles. The lowest BCUT2D eigenvalue weighted by molar-refractivity contribution is -0.131. The van der Waals surface area contributed by atoms with Crippen molar-refractivity contribution < 1.29 is 18.3 Å². The fraction of sp³-hybridized carbons (Fsp3) is 0.500. The number of benzene rings is 1. The van der Waals surface area contributed by atoms with Gasteiger partial charge in [-0.1, -0.05) is 6.07 Å². The van der Waals surface area contributed by atoms with Gasteiger partial charge in [0.1, 0.15) is 17.3 Å². The van der Waals surface area contributed by atoms with E-state index in [4.69, 9.17) is 9.15 Å². The van der Waals surface area contributed by atoms with E-state index in [2.05, 4.69) is 4.98 Å². The van der Waals surface area contributed by atoms with Gasteiger partial charge in [0, 0.05) is 25.1 Å². The van der Waals surface area contributed by atoms with Crippen LogP contribution in [0.25, 0.3) is 11.5 Å². The SMILES string of the molecule is Cc1oc(-c2cccc(F)c2)nc1CN1CC[C@@]2(CCCO2)CCC1=O. The lowest BCUT2D eigenvalue weighted by atomic mass is 9.92. The number of oxazole rings is 1. The molecular weight excluding hydrogens is 335 g/mol. The molecule has 0 bridgehead atoms. The van der Waals surface area contributed by atoms with Crippen molar-refractivity contribution >= 4 is 5.91 Å². The predicted octanol–water partition coefficient (Wildman–Crippen LogP) is 3.85. The van der Waals surface area contributed by atoms with Crippen LogP contribution in [0.15, 0.2) is 28.7 Å². The fourth-order valence-electron chi connectivity index (χ4n) is 3.90. The van der Waals surface area contributed by atoms with Crippen molar-refractivity contribution in [2.24, 2.45) is 0 Å². The van der Waals surface area contributed by atoms with Gasteiger partial charge in [0.15, 0.2) is 0 Å². The summed E-state index contributed by atoms with van der Waals surface area (Å²) < 4.78 is 25.1. The Morgan fingerprint density at radius 2 is 2.19 bits per heavy atom. The van der Waals surface area contributed by atoms with E-state index < -0.39 is 0 Å². The molecule has 1 amide bonds. The standard InChI is InChI=1S/C20H23FN2O3/c1-14-17(22-19(26-14)15-4-2-5-16(21)12-15)13-23-10-9-20(7-3-11-25-20)8-6-18(23)24/h2,4-5,12H,3,6-11,13H2,1H3/t20-/m1/s1. The van der Waals surface area contributed by atoms with E-state index in [1.807, 2.05) is 11.8 Å². The molecule has 138 valence electrons. The largest absolute Gasteiger partial charge is 0.441 e. The van der Waals surface area contributed by atoms with Gasteiger partial charge in [-0.15, -0.1) is 0 Å². The highest BCUT2D eigenvalue weighted by Crippen LogP contribution is 2.36. The molecule has 0 radical (unpaired) electrons. The molecule has 0 aliphatic carbocycles. The molecule has 1 aromatic heterocycles. The first-order valence-corrected chi connectivity index (χ1v) is 9.19. The summed E-state index contributed by atoms with van der Waals surface area (Å²) in [6.07, 6.45) is 4.29. The van der Waals surface area contributed by atoms with E-state index in [1.54, 1.807) is 12.1 Å². The van der Waals surface area contributed by atoms with Gasteiger partial charge >= 0.3 is 0 Å². The number of aryl methyl sites for hydroxylation is 1. The number of rotatable bonds is 3. The monoisotopic (exact) mass is 358 g/mol. The molecule has 1 atom stereocenters. The van der Waals surface area contributed by atoms with Crippen LogP contribution in [0, 0.1) is 12.7 Å². The quantitative estimate of drug-likeness (QED) is 0.836. The van der Waals surface area contributed by atoms with Crippen LogP contribution in [0.4, 0.5) is 4.39 Å². The lowest BCUT2D eigenvalue weighted by Gasteiger charge is -2.26. The van der Waals surface area contributed by atoms with E-state index >= 15 is 0 Å². The molecule has 6 heteroatoms. The second-order valence-electron chi connectivity index (χ2n) is 7.23. The Morgan fingerprint density at radius 1 is 1.31 bits per heavy atom. The van der Waals surface area contributed by atoms with Gasteiger partial charge in [-0.25, -0.2) is 9.37 Å². The first kappa shape index (κ1) is 17.2. The van der Waals surface area contributed by atoms with E-state index in [-0.39, 0.29) is 17.3 Å². The maximum Gasteiger partial charge on any atom is 0.226 e. The van der Waals surface area contributed by atoms with Gasteiger partial charge in [-0.2, -0.15) is 0 Å². The van der Waals surface area contributed by atoms with Crippen molar-refractivity contribution in [3.8, 4) is 11.5 Å². The van der Waals surface area contributed by atoms with Gasteiger partial charge in [0.25, 0.3) is 0 Å². The molecule has 26 heavy (non-hydrogen) atoms. The maximum atomic E-state index is 13.4. The number of nitrogens with zero attached hydrogens (tertiary/aromatic N) is 2. The van der Waals surface area contributed by atoms with Crippen LogP contribution in [0.1, 0.15) is 43.6 Å². The third-order valence-electron chi connectivity index (χ3n) is 5.47. The molecule has 2 aliphatic heterocycles. The Balaban J connectivity index is 1.51. The summed E-state index contributed by atoms with van der Waals surface area (Å²) in [5, 5.41) is 0. The average Bonchev–Trinajstić information content (AvgIpc) is 3.20. The highest BCUT2D eigenvalue weighted by atomic mass is 19.1. The van der Waals surface area contributed by atoms with Crippen molar-refractivity contribution in [3.63, 3.8) is 0 Å². The molecule has 1 spiro atoms. The molecule has 4 rings (SSSR count). The van der Waals surface area contributed by atoms with Crippen LogP contribution in [0.2, 0.25) is 0 Å². The Morgan fingerprint density at radius 3 is 2.96 bits per heavy atom. The predicted molar refractivity (Wildman–Crippen MR) is 93.8 cm³/mol. The number of amides is 1. The normalized spacial score (nSPS) is 23.6. The van der Waals surface area contributed by atoms with Gasteiger partial charge in [-0.05, 0) is 50.8 Å². The second kappa shape index (κ2) is 6.83. The smallest absolute Gasteiger partial charge is 0.226 e. The molecule has 2 saturated heterocycles. The zero-order chi connectivity index (χ0) is 18.1. The summed E-state index contributed by atoms with van der Waals surface area (Å²) in [6.45, 7) is 3.71. The Labute approximate surface area is 152 Å². The van der Waals surface area contributed by atoms with Crippen LogP contribution in [0.3, 0.4) is 0 Å². The van der Waals surface area contributed by atoms with Crippen molar-refractivity contribution in [1.29, 1.82) is 0 Å². The Kier molecular flexibility index (Phi) is 4.53. The Hall–Kier alpha value is -2.21. The van der Waals surface area contributed by atoms with Gasteiger partial charge < -0.3 is 14.1 Å². The number of ether oxygens (including phenoxy) is 1. The van der Waals surface area contributed by atoms with Crippen molar-refractivity contribution in [2.45, 2.75) is 51.2 Å². The minimum atomic E-state index is -0.329. The molecule has 5 nitrogen and oxygen atoms in total. The first-order valence-electron chi connectivity index (χ1n) is 9.19. The van der Waals surface area contributed by atoms with Gasteiger partial charge in [0.05, 0.1) is 12.1 Å². The summed E-state index contributed by atoms with van der Waals surface area (Å²) in [7, 11) is 0. The number of likely N-dealkylation sites (tertiary alicyclic amines) is 1. The number of aromatic nitrogens is 1. The highest BCUT2D eigenvalue weighted by molar-refractivity contribution is 5.76. The zero-order valence-electron chi connectivity index (χ0n) is 15.0. The first-order chi connectivity index (χ1) is 12.5. The lowest BCUT2D eigenvalue weighted by Crippen LogP contribution is -2.32. The second-order valence-corrected chi connectivity index (χ2v) is 7.23. The van der Waals surface area contributed by atoms with Crippen LogP contribution in [0.5, 0.6) is 0 Å².